The van der Waals surface area contributed by atoms with Crippen LogP contribution in [0, 0.1) is 6.92 Å². The Kier molecular flexibility index (Phi) is 5.11. The minimum Gasteiger partial charge on any atom is -0.276 e. The third kappa shape index (κ3) is 4.77. The van der Waals surface area contributed by atoms with Gasteiger partial charge in [0.15, 0.2) is 0 Å². The van der Waals surface area contributed by atoms with Gasteiger partial charge in [0.2, 0.25) is 0 Å². The largest absolute Gasteiger partial charge is 0.276 e. The minimum atomic E-state index is -3.64. The van der Waals surface area contributed by atoms with Crippen LogP contribution in [-0.4, -0.2) is 18.2 Å². The van der Waals surface area contributed by atoms with Crippen molar-refractivity contribution in [2.24, 2.45) is 0 Å². The van der Waals surface area contributed by atoms with Crippen molar-refractivity contribution >= 4 is 15.7 Å². The van der Waals surface area contributed by atoms with Crippen LogP contribution in [-0.2, 0) is 22.0 Å². The van der Waals surface area contributed by atoms with Crippen molar-refractivity contribution in [1.29, 1.82) is 0 Å². The SMILES string of the molecule is Cc1ccc(Cn2cc(NS(=O)(=O)c3ccc(C(C)(C)C)cc3)cn2)cc1. The lowest BCUT2D eigenvalue weighted by Gasteiger charge is -2.19. The predicted octanol–water partition coefficient (Wildman–Crippen LogP) is 4.34. The first-order valence-electron chi connectivity index (χ1n) is 8.85. The van der Waals surface area contributed by atoms with Crippen LogP contribution in [0.1, 0.15) is 37.5 Å². The first kappa shape index (κ1) is 19.2. The highest BCUT2D eigenvalue weighted by Gasteiger charge is 2.18. The van der Waals surface area contributed by atoms with Crippen LogP contribution in [0.2, 0.25) is 0 Å². The highest BCUT2D eigenvalue weighted by molar-refractivity contribution is 7.92. The van der Waals surface area contributed by atoms with Gasteiger partial charge < -0.3 is 0 Å². The molecule has 0 spiro atoms. The Balaban J connectivity index is 1.72. The Morgan fingerprint density at radius 2 is 1.63 bits per heavy atom. The van der Waals surface area contributed by atoms with E-state index >= 15 is 0 Å². The second kappa shape index (κ2) is 7.19. The molecule has 3 rings (SSSR count). The lowest BCUT2D eigenvalue weighted by atomic mass is 9.87. The first-order chi connectivity index (χ1) is 12.6. The molecule has 0 radical (unpaired) electrons. The zero-order valence-electron chi connectivity index (χ0n) is 16.1. The molecule has 0 aliphatic rings. The van der Waals surface area contributed by atoms with Gasteiger partial charge in [-0.05, 0) is 35.6 Å². The molecule has 0 amide bonds. The van der Waals surface area contributed by atoms with Gasteiger partial charge in [-0.3, -0.25) is 9.40 Å². The van der Waals surface area contributed by atoms with E-state index in [9.17, 15) is 8.42 Å². The van der Waals surface area contributed by atoms with Crippen LogP contribution < -0.4 is 4.72 Å². The first-order valence-corrected chi connectivity index (χ1v) is 10.3. The lowest BCUT2D eigenvalue weighted by molar-refractivity contribution is 0.587. The molecule has 0 fully saturated rings. The van der Waals surface area contributed by atoms with Crippen molar-refractivity contribution in [2.45, 2.75) is 44.6 Å². The maximum absolute atomic E-state index is 12.6. The molecule has 0 atom stereocenters. The summed E-state index contributed by atoms with van der Waals surface area (Å²) in [5.74, 6) is 0. The van der Waals surface area contributed by atoms with E-state index in [1.165, 1.54) is 11.8 Å². The molecule has 1 heterocycles. The van der Waals surface area contributed by atoms with E-state index in [0.29, 0.717) is 12.2 Å². The van der Waals surface area contributed by atoms with Gasteiger partial charge in [-0.25, -0.2) is 8.42 Å². The summed E-state index contributed by atoms with van der Waals surface area (Å²) in [7, 11) is -3.64. The summed E-state index contributed by atoms with van der Waals surface area (Å²) in [6.07, 6.45) is 3.22. The van der Waals surface area contributed by atoms with Gasteiger partial charge in [0.25, 0.3) is 10.0 Å². The zero-order chi connectivity index (χ0) is 19.7. The summed E-state index contributed by atoms with van der Waals surface area (Å²) in [5.41, 5.74) is 3.82. The summed E-state index contributed by atoms with van der Waals surface area (Å²) in [5, 5.41) is 4.25. The predicted molar refractivity (Wildman–Crippen MR) is 108 cm³/mol. The Hall–Kier alpha value is -2.60. The van der Waals surface area contributed by atoms with Gasteiger partial charge in [-0.2, -0.15) is 5.10 Å². The molecule has 0 aliphatic carbocycles. The number of anilines is 1. The Morgan fingerprint density at radius 3 is 2.22 bits per heavy atom. The normalized spacial score (nSPS) is 12.1. The third-order valence-electron chi connectivity index (χ3n) is 4.38. The molecule has 1 aromatic heterocycles. The highest BCUT2D eigenvalue weighted by atomic mass is 32.2. The average Bonchev–Trinajstić information content (AvgIpc) is 3.02. The van der Waals surface area contributed by atoms with Crippen LogP contribution in [0.4, 0.5) is 5.69 Å². The topological polar surface area (TPSA) is 64.0 Å². The minimum absolute atomic E-state index is 0.0210. The fourth-order valence-electron chi connectivity index (χ4n) is 2.73. The third-order valence-corrected chi connectivity index (χ3v) is 5.78. The van der Waals surface area contributed by atoms with Crippen molar-refractivity contribution in [3.05, 3.63) is 77.6 Å². The lowest BCUT2D eigenvalue weighted by Crippen LogP contribution is -2.14. The van der Waals surface area contributed by atoms with E-state index < -0.39 is 10.0 Å². The molecule has 0 saturated carbocycles. The summed E-state index contributed by atoms with van der Waals surface area (Å²) in [4.78, 5) is 0.238. The van der Waals surface area contributed by atoms with E-state index in [1.54, 1.807) is 23.0 Å². The van der Waals surface area contributed by atoms with Crippen molar-refractivity contribution in [2.75, 3.05) is 4.72 Å². The molecule has 1 N–H and O–H groups in total. The molecule has 0 bridgehead atoms. The van der Waals surface area contributed by atoms with Crippen molar-refractivity contribution < 1.29 is 8.42 Å². The number of nitrogens with zero attached hydrogens (tertiary/aromatic N) is 2. The molecule has 27 heavy (non-hydrogen) atoms. The molecule has 0 aliphatic heterocycles. The Labute approximate surface area is 161 Å². The van der Waals surface area contributed by atoms with Gasteiger partial charge in [-0.15, -0.1) is 0 Å². The molecule has 0 saturated heterocycles. The van der Waals surface area contributed by atoms with E-state index in [4.69, 9.17) is 0 Å². The molecule has 142 valence electrons. The number of benzene rings is 2. The van der Waals surface area contributed by atoms with Gasteiger partial charge in [0.05, 0.1) is 23.3 Å². The zero-order valence-corrected chi connectivity index (χ0v) is 16.9. The van der Waals surface area contributed by atoms with Crippen LogP contribution in [0.3, 0.4) is 0 Å². The van der Waals surface area contributed by atoms with Gasteiger partial charge in [0.1, 0.15) is 0 Å². The molecule has 5 nitrogen and oxygen atoms in total. The van der Waals surface area contributed by atoms with Gasteiger partial charge >= 0.3 is 0 Å². The van der Waals surface area contributed by atoms with Gasteiger partial charge in [-0.1, -0.05) is 62.7 Å². The van der Waals surface area contributed by atoms with E-state index in [-0.39, 0.29) is 10.3 Å². The van der Waals surface area contributed by atoms with E-state index in [0.717, 1.165) is 11.1 Å². The van der Waals surface area contributed by atoms with Crippen LogP contribution in [0.25, 0.3) is 0 Å². The summed E-state index contributed by atoms with van der Waals surface area (Å²) in [6.45, 7) is 8.91. The maximum atomic E-state index is 12.6. The molecule has 2 aromatic carbocycles. The number of rotatable bonds is 5. The van der Waals surface area contributed by atoms with Crippen molar-refractivity contribution in [1.82, 2.24) is 9.78 Å². The number of aryl methyl sites for hydroxylation is 1. The van der Waals surface area contributed by atoms with Gasteiger partial charge in [0, 0.05) is 6.20 Å². The van der Waals surface area contributed by atoms with Crippen LogP contribution in [0.5, 0.6) is 0 Å². The second-order valence-corrected chi connectivity index (χ2v) is 9.47. The van der Waals surface area contributed by atoms with E-state index in [1.807, 2.05) is 43.3 Å². The standard InChI is InChI=1S/C21H25N3O2S/c1-16-5-7-17(8-6-16)14-24-15-19(13-22-24)23-27(25,26)20-11-9-18(10-12-20)21(2,3)4/h5-13,15,23H,14H2,1-4H3. The summed E-state index contributed by atoms with van der Waals surface area (Å²) < 4.78 is 29.5. The number of hydrogen-bond acceptors (Lipinski definition) is 3. The number of sulfonamides is 1. The van der Waals surface area contributed by atoms with Crippen molar-refractivity contribution in [3.63, 3.8) is 0 Å². The summed E-state index contributed by atoms with van der Waals surface area (Å²) >= 11 is 0. The number of hydrogen-bond donors (Lipinski definition) is 1. The molecular formula is C21H25N3O2S. The second-order valence-electron chi connectivity index (χ2n) is 7.79. The highest BCUT2D eigenvalue weighted by Crippen LogP contribution is 2.24. The Morgan fingerprint density at radius 1 is 1.00 bits per heavy atom. The fourth-order valence-corrected chi connectivity index (χ4v) is 3.76. The van der Waals surface area contributed by atoms with Crippen molar-refractivity contribution in [3.8, 4) is 0 Å². The molecule has 0 unspecified atom stereocenters. The van der Waals surface area contributed by atoms with Crippen LogP contribution >= 0.6 is 0 Å². The number of nitrogens with one attached hydrogen (secondary N) is 1. The smallest absolute Gasteiger partial charge is 0.261 e. The molecule has 3 aromatic rings. The number of aromatic nitrogens is 2. The monoisotopic (exact) mass is 383 g/mol. The van der Waals surface area contributed by atoms with E-state index in [2.05, 4.69) is 30.6 Å². The summed E-state index contributed by atoms with van der Waals surface area (Å²) in [6, 6.07) is 15.2. The Bertz CT molecular complexity index is 1010. The average molecular weight is 384 g/mol. The van der Waals surface area contributed by atoms with Crippen LogP contribution in [0.15, 0.2) is 65.8 Å². The molecule has 6 heteroatoms. The maximum Gasteiger partial charge on any atom is 0.261 e. The molecular weight excluding hydrogens is 358 g/mol. The quantitative estimate of drug-likeness (QED) is 0.713. The fraction of sp³-hybridized carbons (Fsp3) is 0.286.